The quantitative estimate of drug-likeness (QED) is 0.582. The van der Waals surface area contributed by atoms with Gasteiger partial charge in [-0.05, 0) is 18.2 Å². The van der Waals surface area contributed by atoms with Crippen molar-refractivity contribution >= 4 is 17.4 Å². The Balaban J connectivity index is 1.54. The number of benzene rings is 1. The van der Waals surface area contributed by atoms with Gasteiger partial charge in [0, 0.05) is 38.4 Å². The summed E-state index contributed by atoms with van der Waals surface area (Å²) in [6, 6.07) is 11.3. The second kappa shape index (κ2) is 8.14. The first-order valence-corrected chi connectivity index (χ1v) is 8.33. The summed E-state index contributed by atoms with van der Waals surface area (Å²) in [5.41, 5.74) is 0.420. The summed E-state index contributed by atoms with van der Waals surface area (Å²) in [6.07, 6.45) is 1.64. The SMILES string of the molecule is N#Cc1cccnc1N1CCN(C(=O)COc2cccc([N+](=O)[O-])c2)CC1. The molecule has 1 fully saturated rings. The Bertz CT molecular complexity index is 887. The molecule has 138 valence electrons. The number of nitriles is 1. The van der Waals surface area contributed by atoms with Gasteiger partial charge in [0.05, 0.1) is 16.6 Å². The Morgan fingerprint density at radius 3 is 2.74 bits per heavy atom. The van der Waals surface area contributed by atoms with Crippen molar-refractivity contribution in [1.29, 1.82) is 5.26 Å². The molecule has 1 amide bonds. The number of carbonyl (C=O) groups excluding carboxylic acids is 1. The number of hydrogen-bond acceptors (Lipinski definition) is 7. The van der Waals surface area contributed by atoms with Crippen molar-refractivity contribution in [3.05, 3.63) is 58.3 Å². The molecule has 1 aliphatic rings. The maximum atomic E-state index is 12.3. The third-order valence-corrected chi connectivity index (χ3v) is 4.23. The fourth-order valence-electron chi connectivity index (χ4n) is 2.83. The van der Waals surface area contributed by atoms with Crippen LogP contribution in [0.1, 0.15) is 5.56 Å². The summed E-state index contributed by atoms with van der Waals surface area (Å²) in [5.74, 6) is 0.714. The zero-order valence-electron chi connectivity index (χ0n) is 14.4. The number of non-ortho nitro benzene ring substituents is 1. The number of nitro groups is 1. The average Bonchev–Trinajstić information content (AvgIpc) is 2.72. The van der Waals surface area contributed by atoms with Crippen molar-refractivity contribution in [1.82, 2.24) is 9.88 Å². The monoisotopic (exact) mass is 367 g/mol. The normalized spacial score (nSPS) is 13.7. The lowest BCUT2D eigenvalue weighted by atomic mass is 10.2. The molecule has 9 heteroatoms. The zero-order valence-corrected chi connectivity index (χ0v) is 14.4. The number of carbonyl (C=O) groups is 1. The van der Waals surface area contributed by atoms with E-state index in [4.69, 9.17) is 4.74 Å². The van der Waals surface area contributed by atoms with Gasteiger partial charge in [0.2, 0.25) is 0 Å². The number of anilines is 1. The summed E-state index contributed by atoms with van der Waals surface area (Å²) < 4.78 is 5.40. The van der Waals surface area contributed by atoms with E-state index >= 15 is 0 Å². The second-order valence-corrected chi connectivity index (χ2v) is 5.90. The lowest BCUT2D eigenvalue weighted by molar-refractivity contribution is -0.384. The highest BCUT2D eigenvalue weighted by Gasteiger charge is 2.23. The molecule has 1 aromatic carbocycles. The Morgan fingerprint density at radius 1 is 1.26 bits per heavy atom. The van der Waals surface area contributed by atoms with Crippen LogP contribution in [0, 0.1) is 21.4 Å². The summed E-state index contributed by atoms with van der Waals surface area (Å²) in [7, 11) is 0. The van der Waals surface area contributed by atoms with Crippen molar-refractivity contribution in [2.45, 2.75) is 0 Å². The minimum Gasteiger partial charge on any atom is -0.484 e. The van der Waals surface area contributed by atoms with E-state index in [1.165, 1.54) is 18.2 Å². The highest BCUT2D eigenvalue weighted by atomic mass is 16.6. The molecule has 0 unspecified atom stereocenters. The number of nitrogens with zero attached hydrogens (tertiary/aromatic N) is 5. The molecule has 2 aromatic rings. The van der Waals surface area contributed by atoms with E-state index in [0.717, 1.165) is 0 Å². The molecule has 0 bridgehead atoms. The Morgan fingerprint density at radius 2 is 2.04 bits per heavy atom. The van der Waals surface area contributed by atoms with Crippen LogP contribution in [0.5, 0.6) is 5.75 Å². The number of hydrogen-bond donors (Lipinski definition) is 0. The molecule has 3 rings (SSSR count). The second-order valence-electron chi connectivity index (χ2n) is 5.90. The molecule has 0 N–H and O–H groups in total. The van der Waals surface area contributed by atoms with Gasteiger partial charge in [-0.25, -0.2) is 4.98 Å². The van der Waals surface area contributed by atoms with E-state index in [-0.39, 0.29) is 24.0 Å². The molecular formula is C18H17N5O4. The Hall–Kier alpha value is -3.67. The number of amides is 1. The molecule has 0 spiro atoms. The molecular weight excluding hydrogens is 350 g/mol. The first-order chi connectivity index (χ1) is 13.1. The predicted octanol–water partition coefficient (Wildman–Crippen LogP) is 1.59. The molecule has 0 saturated carbocycles. The summed E-state index contributed by atoms with van der Waals surface area (Å²) in [5, 5.41) is 20.0. The van der Waals surface area contributed by atoms with Crippen molar-refractivity contribution in [3.63, 3.8) is 0 Å². The van der Waals surface area contributed by atoms with E-state index in [1.807, 2.05) is 4.90 Å². The fraction of sp³-hybridized carbons (Fsp3) is 0.278. The zero-order chi connectivity index (χ0) is 19.2. The number of rotatable bonds is 5. The van der Waals surface area contributed by atoms with Gasteiger partial charge in [-0.2, -0.15) is 5.26 Å². The number of nitro benzene ring substituents is 1. The first-order valence-electron chi connectivity index (χ1n) is 8.33. The van der Waals surface area contributed by atoms with Crippen LogP contribution >= 0.6 is 0 Å². The van der Waals surface area contributed by atoms with Crippen LogP contribution in [0.4, 0.5) is 11.5 Å². The van der Waals surface area contributed by atoms with Crippen LogP contribution < -0.4 is 9.64 Å². The summed E-state index contributed by atoms with van der Waals surface area (Å²) >= 11 is 0. The van der Waals surface area contributed by atoms with E-state index < -0.39 is 4.92 Å². The van der Waals surface area contributed by atoms with Gasteiger partial charge in [-0.1, -0.05) is 6.07 Å². The highest BCUT2D eigenvalue weighted by molar-refractivity contribution is 5.78. The van der Waals surface area contributed by atoms with Gasteiger partial charge in [0.1, 0.15) is 17.6 Å². The molecule has 2 heterocycles. The molecule has 0 aliphatic carbocycles. The number of piperazine rings is 1. The lowest BCUT2D eigenvalue weighted by Gasteiger charge is -2.35. The maximum absolute atomic E-state index is 12.3. The van der Waals surface area contributed by atoms with E-state index in [2.05, 4.69) is 11.1 Å². The van der Waals surface area contributed by atoms with Gasteiger partial charge in [-0.15, -0.1) is 0 Å². The first kappa shape index (κ1) is 18.1. The Kier molecular flexibility index (Phi) is 5.47. The van der Waals surface area contributed by atoms with Gasteiger partial charge in [-0.3, -0.25) is 14.9 Å². The largest absolute Gasteiger partial charge is 0.484 e. The molecule has 27 heavy (non-hydrogen) atoms. The molecule has 1 saturated heterocycles. The lowest BCUT2D eigenvalue weighted by Crippen LogP contribution is -2.50. The van der Waals surface area contributed by atoms with Gasteiger partial charge in [0.25, 0.3) is 11.6 Å². The van der Waals surface area contributed by atoms with Crippen LogP contribution in [0.3, 0.4) is 0 Å². The average molecular weight is 367 g/mol. The summed E-state index contributed by atoms with van der Waals surface area (Å²) in [4.78, 5) is 30.5. The van der Waals surface area contributed by atoms with Crippen molar-refractivity contribution in [2.24, 2.45) is 0 Å². The highest BCUT2D eigenvalue weighted by Crippen LogP contribution is 2.20. The molecule has 1 aliphatic heterocycles. The molecule has 0 atom stereocenters. The van der Waals surface area contributed by atoms with Gasteiger partial charge >= 0.3 is 0 Å². The predicted molar refractivity (Wildman–Crippen MR) is 96.3 cm³/mol. The fourth-order valence-corrected chi connectivity index (χ4v) is 2.83. The van der Waals surface area contributed by atoms with Crippen molar-refractivity contribution < 1.29 is 14.5 Å². The van der Waals surface area contributed by atoms with E-state index in [9.17, 15) is 20.2 Å². The van der Waals surface area contributed by atoms with Crippen molar-refractivity contribution in [2.75, 3.05) is 37.7 Å². The number of ether oxygens (including phenoxy) is 1. The van der Waals surface area contributed by atoms with E-state index in [0.29, 0.717) is 37.6 Å². The maximum Gasteiger partial charge on any atom is 0.273 e. The molecule has 0 radical (unpaired) electrons. The van der Waals surface area contributed by atoms with Crippen LogP contribution in [0.25, 0.3) is 0 Å². The number of pyridine rings is 1. The van der Waals surface area contributed by atoms with Crippen LogP contribution in [-0.4, -0.2) is 53.5 Å². The standard InChI is InChI=1S/C18H17N5O4/c19-12-14-3-2-6-20-18(14)22-9-7-21(8-10-22)17(24)13-27-16-5-1-4-15(11-16)23(25)26/h1-6,11H,7-10,13H2. The van der Waals surface area contributed by atoms with Crippen LogP contribution in [-0.2, 0) is 4.79 Å². The number of aromatic nitrogens is 1. The third-order valence-electron chi connectivity index (χ3n) is 4.23. The Labute approximate surface area is 155 Å². The van der Waals surface area contributed by atoms with Gasteiger partial charge < -0.3 is 14.5 Å². The van der Waals surface area contributed by atoms with Crippen LogP contribution in [0.15, 0.2) is 42.6 Å². The van der Waals surface area contributed by atoms with E-state index in [1.54, 1.807) is 29.3 Å². The minimum absolute atomic E-state index is 0.0859. The smallest absolute Gasteiger partial charge is 0.273 e. The van der Waals surface area contributed by atoms with Gasteiger partial charge in [0.15, 0.2) is 6.61 Å². The molecule has 1 aromatic heterocycles. The van der Waals surface area contributed by atoms with Crippen LogP contribution in [0.2, 0.25) is 0 Å². The van der Waals surface area contributed by atoms with Crippen molar-refractivity contribution in [3.8, 4) is 11.8 Å². The minimum atomic E-state index is -0.513. The third kappa shape index (κ3) is 4.30. The summed E-state index contributed by atoms with van der Waals surface area (Å²) in [6.45, 7) is 1.91. The molecule has 9 nitrogen and oxygen atoms in total. The topological polar surface area (TPSA) is 113 Å².